The van der Waals surface area contributed by atoms with E-state index in [0.717, 1.165) is 18.4 Å². The largest absolute Gasteiger partial charge is 0.449 e. The summed E-state index contributed by atoms with van der Waals surface area (Å²) >= 11 is 0. The van der Waals surface area contributed by atoms with Gasteiger partial charge in [-0.05, 0) is 50.7 Å². The van der Waals surface area contributed by atoms with Gasteiger partial charge in [-0.15, -0.1) is 0 Å². The molecule has 5 nitrogen and oxygen atoms in total. The van der Waals surface area contributed by atoms with E-state index in [2.05, 4.69) is 36.4 Å². The number of amides is 1. The molecule has 0 spiro atoms. The second-order valence-electron chi connectivity index (χ2n) is 8.79. The van der Waals surface area contributed by atoms with Gasteiger partial charge in [-0.3, -0.25) is 4.79 Å². The standard InChI is InChI=1S/C24H30N2O3/c1-23(2)28-19-13-12-18(16-20(19)29-23)22(27)25-21(17-10-6-5-7-11-17)24(26(3)4)14-8-9-15-24/h5-7,10-13,16,21H,8-9,14-15H2,1-4H3,(H,25,27). The summed E-state index contributed by atoms with van der Waals surface area (Å²) in [7, 11) is 4.24. The summed E-state index contributed by atoms with van der Waals surface area (Å²) in [4.78, 5) is 15.6. The molecule has 2 aromatic carbocycles. The lowest BCUT2D eigenvalue weighted by molar-refractivity contribution is -0.0431. The van der Waals surface area contributed by atoms with Gasteiger partial charge >= 0.3 is 0 Å². The Morgan fingerprint density at radius 3 is 2.31 bits per heavy atom. The molecule has 1 fully saturated rings. The van der Waals surface area contributed by atoms with Crippen LogP contribution in [0.25, 0.3) is 0 Å². The van der Waals surface area contributed by atoms with Crippen molar-refractivity contribution in [3.63, 3.8) is 0 Å². The average molecular weight is 395 g/mol. The molecule has 0 aromatic heterocycles. The van der Waals surface area contributed by atoms with E-state index in [1.807, 2.05) is 38.1 Å². The number of carbonyl (C=O) groups excluding carboxylic acids is 1. The number of carbonyl (C=O) groups is 1. The van der Waals surface area contributed by atoms with E-state index in [4.69, 9.17) is 9.47 Å². The third-order valence-corrected chi connectivity index (χ3v) is 6.22. The van der Waals surface area contributed by atoms with Crippen LogP contribution in [0.5, 0.6) is 11.5 Å². The number of rotatable bonds is 5. The van der Waals surface area contributed by atoms with Gasteiger partial charge in [0, 0.05) is 24.9 Å². The molecule has 29 heavy (non-hydrogen) atoms. The molecule has 154 valence electrons. The van der Waals surface area contributed by atoms with E-state index in [-0.39, 0.29) is 17.5 Å². The molecule has 5 heteroatoms. The molecule has 1 amide bonds. The van der Waals surface area contributed by atoms with Crippen molar-refractivity contribution in [2.45, 2.75) is 56.9 Å². The molecule has 1 saturated carbocycles. The predicted molar refractivity (Wildman–Crippen MR) is 113 cm³/mol. The molecule has 1 aliphatic heterocycles. The number of benzene rings is 2. The van der Waals surface area contributed by atoms with Crippen molar-refractivity contribution >= 4 is 5.91 Å². The van der Waals surface area contributed by atoms with Crippen molar-refractivity contribution in [1.29, 1.82) is 0 Å². The quantitative estimate of drug-likeness (QED) is 0.809. The molecule has 2 aromatic rings. The molecule has 0 saturated heterocycles. The van der Waals surface area contributed by atoms with E-state index in [0.29, 0.717) is 17.1 Å². The molecule has 1 N–H and O–H groups in total. The van der Waals surface area contributed by atoms with Gasteiger partial charge in [0.25, 0.3) is 5.91 Å². The highest BCUT2D eigenvalue weighted by atomic mass is 16.7. The van der Waals surface area contributed by atoms with Crippen molar-refractivity contribution < 1.29 is 14.3 Å². The van der Waals surface area contributed by atoms with Gasteiger partial charge in [-0.25, -0.2) is 0 Å². The SMILES string of the molecule is CN(C)C1(C(NC(=O)c2ccc3c(c2)OC(C)(C)O3)c2ccccc2)CCCC1. The van der Waals surface area contributed by atoms with Crippen LogP contribution < -0.4 is 14.8 Å². The van der Waals surface area contributed by atoms with E-state index in [9.17, 15) is 4.79 Å². The highest BCUT2D eigenvalue weighted by molar-refractivity contribution is 5.95. The van der Waals surface area contributed by atoms with Gasteiger partial charge in [0.15, 0.2) is 11.5 Å². The molecule has 2 aliphatic rings. The normalized spacial score (nSPS) is 19.9. The zero-order valence-electron chi connectivity index (χ0n) is 17.7. The molecular weight excluding hydrogens is 364 g/mol. The summed E-state index contributed by atoms with van der Waals surface area (Å²) in [5.41, 5.74) is 1.63. The van der Waals surface area contributed by atoms with Crippen LogP contribution in [0.4, 0.5) is 0 Å². The highest BCUT2D eigenvalue weighted by Gasteiger charge is 2.45. The van der Waals surface area contributed by atoms with E-state index in [1.165, 1.54) is 12.8 Å². The Balaban J connectivity index is 1.64. The monoisotopic (exact) mass is 394 g/mol. The first-order chi connectivity index (χ1) is 13.8. The summed E-state index contributed by atoms with van der Waals surface area (Å²) in [5.74, 6) is 0.486. The molecule has 1 heterocycles. The van der Waals surface area contributed by atoms with Gasteiger partial charge in [0.1, 0.15) is 0 Å². The van der Waals surface area contributed by atoms with Gasteiger partial charge in [-0.2, -0.15) is 0 Å². The molecule has 0 radical (unpaired) electrons. The number of fused-ring (bicyclic) bond motifs is 1. The van der Waals surface area contributed by atoms with E-state index >= 15 is 0 Å². The molecule has 4 rings (SSSR count). The minimum absolute atomic E-state index is 0.0874. The summed E-state index contributed by atoms with van der Waals surface area (Å²) < 4.78 is 11.6. The lowest BCUT2D eigenvalue weighted by Gasteiger charge is -2.44. The average Bonchev–Trinajstić information content (AvgIpc) is 3.29. The number of ether oxygens (including phenoxy) is 2. The summed E-state index contributed by atoms with van der Waals surface area (Å²) in [6.07, 6.45) is 4.48. The second kappa shape index (κ2) is 7.38. The number of nitrogens with zero attached hydrogens (tertiary/aromatic N) is 1. The first-order valence-electron chi connectivity index (χ1n) is 10.4. The lowest BCUT2D eigenvalue weighted by atomic mass is 9.82. The van der Waals surface area contributed by atoms with Crippen molar-refractivity contribution in [2.24, 2.45) is 0 Å². The summed E-state index contributed by atoms with van der Waals surface area (Å²) in [5, 5.41) is 3.35. The van der Waals surface area contributed by atoms with Crippen LogP contribution in [0.1, 0.15) is 61.5 Å². The fraction of sp³-hybridized carbons (Fsp3) is 0.458. The first kappa shape index (κ1) is 19.8. The number of likely N-dealkylation sites (N-methyl/N-ethyl adjacent to an activating group) is 1. The third kappa shape index (κ3) is 3.71. The molecular formula is C24H30N2O3. The summed E-state index contributed by atoms with van der Waals surface area (Å²) in [6.45, 7) is 3.72. The Bertz CT molecular complexity index is 886. The minimum atomic E-state index is -0.706. The zero-order valence-corrected chi connectivity index (χ0v) is 17.7. The van der Waals surface area contributed by atoms with Crippen LogP contribution in [-0.4, -0.2) is 36.2 Å². The van der Waals surface area contributed by atoms with Crippen LogP contribution in [0.15, 0.2) is 48.5 Å². The Morgan fingerprint density at radius 2 is 1.66 bits per heavy atom. The fourth-order valence-corrected chi connectivity index (χ4v) is 4.73. The lowest BCUT2D eigenvalue weighted by Crippen LogP contribution is -2.53. The number of hydrogen-bond acceptors (Lipinski definition) is 4. The first-order valence-corrected chi connectivity index (χ1v) is 10.4. The maximum atomic E-state index is 13.3. The van der Waals surface area contributed by atoms with Gasteiger partial charge in [0.2, 0.25) is 5.79 Å². The molecule has 1 atom stereocenters. The van der Waals surface area contributed by atoms with Crippen LogP contribution in [0.2, 0.25) is 0 Å². The van der Waals surface area contributed by atoms with Crippen molar-refractivity contribution in [1.82, 2.24) is 10.2 Å². The highest BCUT2D eigenvalue weighted by Crippen LogP contribution is 2.44. The fourth-order valence-electron chi connectivity index (χ4n) is 4.73. The molecule has 1 aliphatic carbocycles. The zero-order chi connectivity index (χ0) is 20.6. The van der Waals surface area contributed by atoms with Gasteiger partial charge in [-0.1, -0.05) is 43.2 Å². The predicted octanol–water partition coefficient (Wildman–Crippen LogP) is 4.54. The van der Waals surface area contributed by atoms with Gasteiger partial charge in [0.05, 0.1) is 6.04 Å². The van der Waals surface area contributed by atoms with Gasteiger partial charge < -0.3 is 19.7 Å². The molecule has 0 bridgehead atoms. The van der Waals surface area contributed by atoms with Crippen LogP contribution in [0, 0.1) is 0 Å². The van der Waals surface area contributed by atoms with Crippen molar-refractivity contribution in [3.05, 3.63) is 59.7 Å². The Labute approximate surface area is 173 Å². The van der Waals surface area contributed by atoms with Crippen LogP contribution >= 0.6 is 0 Å². The van der Waals surface area contributed by atoms with E-state index in [1.54, 1.807) is 12.1 Å². The Kier molecular flexibility index (Phi) is 5.03. The smallest absolute Gasteiger partial charge is 0.251 e. The number of hydrogen-bond donors (Lipinski definition) is 1. The minimum Gasteiger partial charge on any atom is -0.449 e. The molecule has 1 unspecified atom stereocenters. The third-order valence-electron chi connectivity index (χ3n) is 6.22. The Hall–Kier alpha value is -2.53. The number of nitrogens with one attached hydrogen (secondary N) is 1. The topological polar surface area (TPSA) is 50.8 Å². The van der Waals surface area contributed by atoms with E-state index < -0.39 is 5.79 Å². The maximum Gasteiger partial charge on any atom is 0.251 e. The second-order valence-corrected chi connectivity index (χ2v) is 8.79. The van der Waals surface area contributed by atoms with Crippen molar-refractivity contribution in [2.75, 3.05) is 14.1 Å². The van der Waals surface area contributed by atoms with Crippen LogP contribution in [0.3, 0.4) is 0 Å². The van der Waals surface area contributed by atoms with Crippen molar-refractivity contribution in [3.8, 4) is 11.5 Å². The Morgan fingerprint density at radius 1 is 1.00 bits per heavy atom. The summed E-state index contributed by atoms with van der Waals surface area (Å²) in [6, 6.07) is 15.6. The maximum absolute atomic E-state index is 13.3. The van der Waals surface area contributed by atoms with Crippen LogP contribution in [-0.2, 0) is 0 Å².